The van der Waals surface area contributed by atoms with Gasteiger partial charge in [-0.3, -0.25) is 0 Å². The summed E-state index contributed by atoms with van der Waals surface area (Å²) < 4.78 is 13.1. The van der Waals surface area contributed by atoms with Gasteiger partial charge >= 0.3 is 0 Å². The van der Waals surface area contributed by atoms with Crippen LogP contribution < -0.4 is 0 Å². The van der Waals surface area contributed by atoms with Crippen molar-refractivity contribution in [3.05, 3.63) is 35.9 Å². The summed E-state index contributed by atoms with van der Waals surface area (Å²) in [5.41, 5.74) is 1.45. The van der Waals surface area contributed by atoms with Crippen molar-refractivity contribution in [2.75, 3.05) is 0 Å². The van der Waals surface area contributed by atoms with Crippen LogP contribution >= 0.6 is 0 Å². The van der Waals surface area contributed by atoms with Gasteiger partial charge in [-0.2, -0.15) is 0 Å². The van der Waals surface area contributed by atoms with Crippen LogP contribution in [-0.2, 0) is 15.6 Å². The summed E-state index contributed by atoms with van der Waals surface area (Å²) in [5, 5.41) is 0.125. The molecule has 4 rings (SSSR count). The highest BCUT2D eigenvalue weighted by molar-refractivity contribution is 6.75. The van der Waals surface area contributed by atoms with Crippen molar-refractivity contribution in [3.8, 4) is 0 Å². The van der Waals surface area contributed by atoms with Gasteiger partial charge in [0.1, 0.15) is 5.22 Å². The van der Waals surface area contributed by atoms with E-state index in [0.29, 0.717) is 18.1 Å². The van der Waals surface area contributed by atoms with Crippen LogP contribution in [0.2, 0.25) is 13.1 Å². The molecule has 3 aliphatic rings. The van der Waals surface area contributed by atoms with Crippen LogP contribution in [0.4, 0.5) is 0 Å². The zero-order valence-corrected chi connectivity index (χ0v) is 14.9. The molecule has 1 saturated carbocycles. The highest BCUT2D eigenvalue weighted by Gasteiger charge is 2.73. The normalized spacial score (nSPS) is 38.9. The first kappa shape index (κ1) is 14.9. The Hall–Kier alpha value is -0.643. The first-order valence-electron chi connectivity index (χ1n) is 9.02. The first-order chi connectivity index (χ1) is 10.6. The predicted molar refractivity (Wildman–Crippen MR) is 91.3 cm³/mol. The molecule has 1 aliphatic carbocycles. The summed E-state index contributed by atoms with van der Waals surface area (Å²) in [6.45, 7) is 4.78. The molecule has 0 N–H and O–H groups in total. The van der Waals surface area contributed by atoms with Gasteiger partial charge in [-0.25, -0.2) is 0 Å². The van der Waals surface area contributed by atoms with Gasteiger partial charge < -0.3 is 9.16 Å². The van der Waals surface area contributed by atoms with Crippen molar-refractivity contribution in [1.29, 1.82) is 0 Å². The molecule has 2 heterocycles. The lowest BCUT2D eigenvalue weighted by Crippen LogP contribution is -2.59. The molecule has 0 amide bonds. The summed E-state index contributed by atoms with van der Waals surface area (Å²) in [7, 11) is -1.74. The molecule has 1 aromatic carbocycles. The number of hydrogen-bond donors (Lipinski definition) is 0. The second-order valence-electron chi connectivity index (χ2n) is 7.88. The van der Waals surface area contributed by atoms with E-state index in [9.17, 15) is 0 Å². The maximum Gasteiger partial charge on any atom is 0.221 e. The Morgan fingerprint density at radius 2 is 1.91 bits per heavy atom. The van der Waals surface area contributed by atoms with E-state index in [1.54, 1.807) is 0 Å². The maximum absolute atomic E-state index is 6.65. The molecule has 2 nitrogen and oxygen atoms in total. The minimum absolute atomic E-state index is 0.125. The summed E-state index contributed by atoms with van der Waals surface area (Å²) >= 11 is 0. The van der Waals surface area contributed by atoms with Crippen LogP contribution in [0.1, 0.15) is 44.1 Å². The maximum atomic E-state index is 6.65. The van der Waals surface area contributed by atoms with Gasteiger partial charge in [0.15, 0.2) is 0 Å². The minimum atomic E-state index is -1.74. The van der Waals surface area contributed by atoms with Gasteiger partial charge in [-0.15, -0.1) is 0 Å². The highest BCUT2D eigenvalue weighted by Crippen LogP contribution is 2.58. The van der Waals surface area contributed by atoms with Gasteiger partial charge in [0.25, 0.3) is 0 Å². The molecule has 0 radical (unpaired) electrons. The van der Waals surface area contributed by atoms with E-state index in [4.69, 9.17) is 9.16 Å². The van der Waals surface area contributed by atoms with E-state index in [1.807, 2.05) is 0 Å². The highest BCUT2D eigenvalue weighted by atomic mass is 28.4. The van der Waals surface area contributed by atoms with Crippen LogP contribution in [0.15, 0.2) is 30.3 Å². The first-order valence-corrected chi connectivity index (χ1v) is 11.9. The number of benzene rings is 1. The van der Waals surface area contributed by atoms with E-state index >= 15 is 0 Å². The second-order valence-corrected chi connectivity index (χ2v) is 12.0. The molecule has 3 heteroatoms. The molecule has 0 bridgehead atoms. The summed E-state index contributed by atoms with van der Waals surface area (Å²) in [6, 6.07) is 10.8. The smallest absolute Gasteiger partial charge is 0.221 e. The summed E-state index contributed by atoms with van der Waals surface area (Å²) in [6.07, 6.45) is 9.89. The van der Waals surface area contributed by atoms with Crippen molar-refractivity contribution < 1.29 is 9.16 Å². The Balaban J connectivity index is 1.42. The van der Waals surface area contributed by atoms with Crippen LogP contribution in [-0.4, -0.2) is 25.7 Å². The Labute approximate surface area is 135 Å². The van der Waals surface area contributed by atoms with Gasteiger partial charge in [0, 0.05) is 5.92 Å². The van der Waals surface area contributed by atoms with Crippen molar-refractivity contribution >= 4 is 8.32 Å². The molecule has 120 valence electrons. The zero-order chi connectivity index (χ0) is 15.2. The Kier molecular flexibility index (Phi) is 3.71. The number of fused-ring (bicyclic) bond motifs is 3. The molecule has 2 aliphatic heterocycles. The number of epoxide rings is 1. The Morgan fingerprint density at radius 3 is 2.73 bits per heavy atom. The summed E-state index contributed by atoms with van der Waals surface area (Å²) in [5.74, 6) is 0.686. The lowest BCUT2D eigenvalue weighted by molar-refractivity contribution is 0.0586. The average Bonchev–Trinajstić information content (AvgIpc) is 3.25. The quantitative estimate of drug-likeness (QED) is 0.603. The van der Waals surface area contributed by atoms with Crippen LogP contribution in [0.5, 0.6) is 0 Å². The molecule has 22 heavy (non-hydrogen) atoms. The third-order valence-electron chi connectivity index (χ3n) is 6.20. The fourth-order valence-corrected chi connectivity index (χ4v) is 8.25. The Bertz CT molecular complexity index is 529. The number of aryl methyl sites for hydroxylation is 1. The molecule has 0 aromatic heterocycles. The van der Waals surface area contributed by atoms with Crippen LogP contribution in [0, 0.1) is 5.92 Å². The van der Waals surface area contributed by atoms with E-state index in [1.165, 1.54) is 44.1 Å². The van der Waals surface area contributed by atoms with Gasteiger partial charge in [-0.05, 0) is 50.8 Å². The topological polar surface area (TPSA) is 21.8 Å². The molecule has 2 saturated heterocycles. The van der Waals surface area contributed by atoms with Crippen molar-refractivity contribution in [2.45, 2.75) is 75.5 Å². The van der Waals surface area contributed by atoms with Crippen LogP contribution in [0.3, 0.4) is 0 Å². The van der Waals surface area contributed by atoms with E-state index in [0.717, 1.165) is 6.42 Å². The molecule has 0 spiro atoms. The van der Waals surface area contributed by atoms with Crippen molar-refractivity contribution in [1.82, 2.24) is 0 Å². The summed E-state index contributed by atoms with van der Waals surface area (Å²) in [4.78, 5) is 0. The molecule has 4 atom stereocenters. The lowest BCUT2D eigenvalue weighted by Gasteiger charge is -2.44. The van der Waals surface area contributed by atoms with E-state index < -0.39 is 8.32 Å². The third-order valence-corrected chi connectivity index (χ3v) is 9.79. The van der Waals surface area contributed by atoms with E-state index in [2.05, 4.69) is 43.4 Å². The monoisotopic (exact) mass is 316 g/mol. The molecule has 1 aromatic rings. The number of rotatable bonds is 4. The molecular weight excluding hydrogens is 288 g/mol. The number of hydrogen-bond acceptors (Lipinski definition) is 2. The second kappa shape index (κ2) is 5.47. The molecule has 0 unspecified atom stereocenters. The fraction of sp³-hybridized carbons (Fsp3) is 0.684. The minimum Gasteiger partial charge on any atom is -0.411 e. The SMILES string of the molecule is C[Si]1(C)O[C@@H]2CCCC[C@H]2[C@@H]2O[C@@]21CCCc1ccccc1. The lowest BCUT2D eigenvalue weighted by atomic mass is 9.82. The van der Waals surface area contributed by atoms with Gasteiger partial charge in [0.05, 0.1) is 12.2 Å². The largest absolute Gasteiger partial charge is 0.411 e. The predicted octanol–water partition coefficient (Wildman–Crippen LogP) is 4.48. The van der Waals surface area contributed by atoms with Crippen molar-refractivity contribution in [2.24, 2.45) is 5.92 Å². The Morgan fingerprint density at radius 1 is 1.14 bits per heavy atom. The molecular formula is C19H28O2Si. The average molecular weight is 317 g/mol. The van der Waals surface area contributed by atoms with E-state index in [-0.39, 0.29) is 5.22 Å². The number of ether oxygens (including phenoxy) is 1. The van der Waals surface area contributed by atoms with Crippen molar-refractivity contribution in [3.63, 3.8) is 0 Å². The third kappa shape index (κ3) is 2.38. The standard InChI is InChI=1S/C19H28O2Si/c1-22(2)19(14-8-11-15-9-4-3-5-10-15)18(20-19)16-12-6-7-13-17(16)21-22/h3-5,9-10,16-18H,6-8,11-14H2,1-2H3/t16-,17-,18+,19-/m1/s1. The zero-order valence-electron chi connectivity index (χ0n) is 13.9. The van der Waals surface area contributed by atoms with Gasteiger partial charge in [-0.1, -0.05) is 43.2 Å². The molecule has 3 fully saturated rings. The fourth-order valence-electron chi connectivity index (χ4n) is 4.91. The van der Waals surface area contributed by atoms with Crippen LogP contribution in [0.25, 0.3) is 0 Å². The van der Waals surface area contributed by atoms with Gasteiger partial charge in [0.2, 0.25) is 8.32 Å².